The largest absolute Gasteiger partial charge is 0.321 e. The fourth-order valence-electron chi connectivity index (χ4n) is 3.85. The molecule has 1 aliphatic heterocycles. The monoisotopic (exact) mass is 398 g/mol. The number of para-hydroxylation sites is 2. The van der Waals surface area contributed by atoms with E-state index in [0.29, 0.717) is 11.1 Å². The lowest BCUT2D eigenvalue weighted by atomic mass is 10.0. The summed E-state index contributed by atoms with van der Waals surface area (Å²) in [5, 5.41) is 3.02. The predicted octanol–water partition coefficient (Wildman–Crippen LogP) is 4.86. The lowest BCUT2D eigenvalue weighted by Gasteiger charge is -2.19. The van der Waals surface area contributed by atoms with Gasteiger partial charge in [0.1, 0.15) is 0 Å². The second-order valence-corrected chi connectivity index (χ2v) is 7.12. The number of anilines is 2. The first-order valence-electron chi connectivity index (χ1n) is 10.1. The number of amides is 3. The van der Waals surface area contributed by atoms with Crippen molar-refractivity contribution in [3.8, 4) is 0 Å². The molecule has 1 aliphatic rings. The van der Waals surface area contributed by atoms with Gasteiger partial charge < -0.3 is 5.32 Å². The Hall–Kier alpha value is -3.73. The van der Waals surface area contributed by atoms with Crippen molar-refractivity contribution in [3.63, 3.8) is 0 Å². The zero-order valence-electron chi connectivity index (χ0n) is 16.9. The predicted molar refractivity (Wildman–Crippen MR) is 117 cm³/mol. The van der Waals surface area contributed by atoms with Crippen LogP contribution in [0.1, 0.15) is 56.0 Å². The molecule has 1 heterocycles. The number of rotatable bonds is 5. The molecule has 0 bridgehead atoms. The maximum Gasteiger partial charge on any atom is 0.266 e. The summed E-state index contributed by atoms with van der Waals surface area (Å²) in [5.74, 6) is -1.18. The highest BCUT2D eigenvalue weighted by Crippen LogP contribution is 2.32. The first-order valence-corrected chi connectivity index (χ1v) is 10.1. The molecule has 0 unspecified atom stereocenters. The summed E-state index contributed by atoms with van der Waals surface area (Å²) in [7, 11) is 0. The number of carbonyl (C=O) groups is 3. The minimum absolute atomic E-state index is 0.278. The molecule has 0 aromatic heterocycles. The summed E-state index contributed by atoms with van der Waals surface area (Å²) in [5.41, 5.74) is 4.14. The second kappa shape index (κ2) is 7.95. The Labute approximate surface area is 175 Å². The van der Waals surface area contributed by atoms with Crippen molar-refractivity contribution in [3.05, 3.63) is 94.5 Å². The van der Waals surface area contributed by atoms with E-state index in [0.717, 1.165) is 34.6 Å². The molecule has 0 spiro atoms. The van der Waals surface area contributed by atoms with Gasteiger partial charge in [0, 0.05) is 5.69 Å². The van der Waals surface area contributed by atoms with Crippen molar-refractivity contribution < 1.29 is 14.4 Å². The smallest absolute Gasteiger partial charge is 0.266 e. The van der Waals surface area contributed by atoms with Gasteiger partial charge in [0.15, 0.2) is 0 Å². The number of hydrogen-bond donors (Lipinski definition) is 1. The van der Waals surface area contributed by atoms with E-state index in [1.165, 1.54) is 0 Å². The summed E-state index contributed by atoms with van der Waals surface area (Å²) in [6.07, 6.45) is 1.56. The molecule has 3 amide bonds. The molecule has 0 radical (unpaired) electrons. The van der Waals surface area contributed by atoms with Gasteiger partial charge in [0.05, 0.1) is 22.4 Å². The third kappa shape index (κ3) is 3.18. The number of aryl methyl sites for hydroxylation is 2. The van der Waals surface area contributed by atoms with E-state index in [1.807, 2.05) is 32.0 Å². The SMILES string of the molecule is CCc1cccc(CC)c1NC(=O)c1ccccc1N1C(=O)c2ccccc2C1=O. The molecule has 4 rings (SSSR count). The van der Waals surface area contributed by atoms with Crippen molar-refractivity contribution in [2.45, 2.75) is 26.7 Å². The van der Waals surface area contributed by atoms with Gasteiger partial charge >= 0.3 is 0 Å². The van der Waals surface area contributed by atoms with Crippen LogP contribution in [0.4, 0.5) is 11.4 Å². The van der Waals surface area contributed by atoms with Crippen LogP contribution in [0.5, 0.6) is 0 Å². The molecule has 3 aromatic carbocycles. The van der Waals surface area contributed by atoms with Crippen LogP contribution < -0.4 is 10.2 Å². The zero-order valence-corrected chi connectivity index (χ0v) is 16.9. The van der Waals surface area contributed by atoms with Crippen LogP contribution >= 0.6 is 0 Å². The van der Waals surface area contributed by atoms with Gasteiger partial charge in [-0.15, -0.1) is 0 Å². The molecule has 5 heteroatoms. The van der Waals surface area contributed by atoms with Crippen LogP contribution in [-0.4, -0.2) is 17.7 Å². The van der Waals surface area contributed by atoms with Gasteiger partial charge in [-0.05, 0) is 48.2 Å². The Kier molecular flexibility index (Phi) is 5.19. The highest BCUT2D eigenvalue weighted by Gasteiger charge is 2.38. The van der Waals surface area contributed by atoms with Crippen LogP contribution in [0, 0.1) is 0 Å². The van der Waals surface area contributed by atoms with Crippen LogP contribution in [0.25, 0.3) is 0 Å². The van der Waals surface area contributed by atoms with E-state index in [-0.39, 0.29) is 17.2 Å². The molecule has 0 atom stereocenters. The van der Waals surface area contributed by atoms with Crippen molar-refractivity contribution in [2.24, 2.45) is 0 Å². The molecule has 3 aromatic rings. The number of imide groups is 1. The molecule has 0 aliphatic carbocycles. The van der Waals surface area contributed by atoms with E-state index in [2.05, 4.69) is 5.32 Å². The summed E-state index contributed by atoms with van der Waals surface area (Å²) in [6, 6.07) is 19.4. The quantitative estimate of drug-likeness (QED) is 0.624. The molecule has 1 N–H and O–H groups in total. The average Bonchev–Trinajstić information content (AvgIpc) is 3.04. The minimum atomic E-state index is -0.418. The Balaban J connectivity index is 1.73. The van der Waals surface area contributed by atoms with E-state index < -0.39 is 11.8 Å². The van der Waals surface area contributed by atoms with Gasteiger partial charge in [0.2, 0.25) is 0 Å². The maximum atomic E-state index is 13.3. The lowest BCUT2D eigenvalue weighted by Crippen LogP contribution is -2.31. The molecule has 0 saturated carbocycles. The number of hydrogen-bond acceptors (Lipinski definition) is 3. The van der Waals surface area contributed by atoms with Crippen LogP contribution in [0.3, 0.4) is 0 Å². The topological polar surface area (TPSA) is 66.5 Å². The van der Waals surface area contributed by atoms with E-state index >= 15 is 0 Å². The van der Waals surface area contributed by atoms with Crippen molar-refractivity contribution in [1.82, 2.24) is 0 Å². The molecule has 0 saturated heterocycles. The summed E-state index contributed by atoms with van der Waals surface area (Å²) in [4.78, 5) is 40.2. The summed E-state index contributed by atoms with van der Waals surface area (Å²) in [6.45, 7) is 4.08. The lowest BCUT2D eigenvalue weighted by molar-refractivity contribution is 0.0926. The molecular formula is C25H22N2O3. The van der Waals surface area contributed by atoms with Crippen molar-refractivity contribution in [1.29, 1.82) is 0 Å². The Bertz CT molecular complexity index is 1110. The van der Waals surface area contributed by atoms with Crippen LogP contribution in [0.2, 0.25) is 0 Å². The molecule has 5 nitrogen and oxygen atoms in total. The fraction of sp³-hybridized carbons (Fsp3) is 0.160. The maximum absolute atomic E-state index is 13.3. The first kappa shape index (κ1) is 19.6. The van der Waals surface area contributed by atoms with Gasteiger partial charge in [-0.1, -0.05) is 56.3 Å². The average molecular weight is 398 g/mol. The molecule has 30 heavy (non-hydrogen) atoms. The van der Waals surface area contributed by atoms with Crippen LogP contribution in [0.15, 0.2) is 66.7 Å². The number of nitrogens with one attached hydrogen (secondary N) is 1. The first-order chi connectivity index (χ1) is 14.6. The number of nitrogens with zero attached hydrogens (tertiary/aromatic N) is 1. The van der Waals surface area contributed by atoms with Crippen LogP contribution in [-0.2, 0) is 12.8 Å². The standard InChI is InChI=1S/C25H22N2O3/c1-3-16-10-9-11-17(4-2)22(16)26-23(28)20-14-7-8-15-21(20)27-24(29)18-12-5-6-13-19(18)25(27)30/h5-15H,3-4H2,1-2H3,(H,26,28). The number of benzene rings is 3. The zero-order chi connectivity index (χ0) is 21.3. The summed E-state index contributed by atoms with van der Waals surface area (Å²) >= 11 is 0. The van der Waals surface area contributed by atoms with Crippen molar-refractivity contribution in [2.75, 3.05) is 10.2 Å². The van der Waals surface area contributed by atoms with Gasteiger partial charge in [-0.3, -0.25) is 14.4 Å². The van der Waals surface area contributed by atoms with Crippen molar-refractivity contribution >= 4 is 29.1 Å². The van der Waals surface area contributed by atoms with Gasteiger partial charge in [-0.2, -0.15) is 0 Å². The third-order valence-electron chi connectivity index (χ3n) is 5.42. The highest BCUT2D eigenvalue weighted by atomic mass is 16.2. The number of fused-ring (bicyclic) bond motifs is 1. The molecule has 150 valence electrons. The van der Waals surface area contributed by atoms with E-state index in [9.17, 15) is 14.4 Å². The fourth-order valence-corrected chi connectivity index (χ4v) is 3.85. The Morgan fingerprint density at radius 2 is 1.30 bits per heavy atom. The molecular weight excluding hydrogens is 376 g/mol. The minimum Gasteiger partial charge on any atom is -0.321 e. The van der Waals surface area contributed by atoms with Gasteiger partial charge in [-0.25, -0.2) is 4.90 Å². The van der Waals surface area contributed by atoms with E-state index in [4.69, 9.17) is 0 Å². The van der Waals surface area contributed by atoms with Gasteiger partial charge in [0.25, 0.3) is 17.7 Å². The highest BCUT2D eigenvalue weighted by molar-refractivity contribution is 6.35. The third-order valence-corrected chi connectivity index (χ3v) is 5.42. The Morgan fingerprint density at radius 1 is 0.767 bits per heavy atom. The number of carbonyl (C=O) groups excluding carboxylic acids is 3. The second-order valence-electron chi connectivity index (χ2n) is 7.12. The molecule has 0 fully saturated rings. The Morgan fingerprint density at radius 3 is 1.87 bits per heavy atom. The summed E-state index contributed by atoms with van der Waals surface area (Å²) < 4.78 is 0. The van der Waals surface area contributed by atoms with E-state index in [1.54, 1.807) is 48.5 Å². The normalized spacial score (nSPS) is 12.8.